The number of hydrogen-bond donors (Lipinski definition) is 2. The number of nitrogens with two attached hydrogens (primary N) is 2. The summed E-state index contributed by atoms with van der Waals surface area (Å²) in [6, 6.07) is 0. The van der Waals surface area contributed by atoms with Gasteiger partial charge in [0.15, 0.2) is 0 Å². The number of unbranched alkanes of at least 4 members (excludes halogenated alkanes) is 11. The summed E-state index contributed by atoms with van der Waals surface area (Å²) < 4.78 is 2.29. The predicted octanol–water partition coefficient (Wildman–Crippen LogP) is 7.60. The smallest absolute Gasteiger partial charge is 0.291 e. The van der Waals surface area contributed by atoms with E-state index in [1.165, 1.54) is 89.9 Å². The zero-order valence-electron chi connectivity index (χ0n) is 22.2. The van der Waals surface area contributed by atoms with E-state index < -0.39 is 0 Å². The van der Waals surface area contributed by atoms with Crippen LogP contribution in [0, 0.1) is 10.8 Å². The van der Waals surface area contributed by atoms with Crippen LogP contribution in [0.5, 0.6) is 0 Å². The molecule has 3 heteroatoms. The van der Waals surface area contributed by atoms with Crippen molar-refractivity contribution in [3.8, 4) is 0 Å². The first kappa shape index (κ1) is 29.3. The predicted molar refractivity (Wildman–Crippen MR) is 136 cm³/mol. The Hall–Kier alpha value is -0.730. The van der Waals surface area contributed by atoms with Gasteiger partial charge in [-0.2, -0.15) is 0 Å². The normalized spacial score (nSPS) is 12.9. The Labute approximate surface area is 190 Å². The highest BCUT2D eigenvalue weighted by molar-refractivity contribution is 5.70. The van der Waals surface area contributed by atoms with Crippen LogP contribution in [-0.2, 0) is 0 Å². The third kappa shape index (κ3) is 9.18. The molecular weight excluding hydrogens is 366 g/mol. The van der Waals surface area contributed by atoms with Gasteiger partial charge in [0.2, 0.25) is 0 Å². The van der Waals surface area contributed by atoms with E-state index in [2.05, 4.69) is 60.0 Å². The van der Waals surface area contributed by atoms with Gasteiger partial charge in [0.1, 0.15) is 0 Å². The minimum Gasteiger partial charge on any atom is -0.291 e. The Bertz CT molecular complexity index is 470. The molecule has 0 rings (SSSR count). The lowest BCUT2D eigenvalue weighted by molar-refractivity contribution is -0.625. The number of hydrogen-bond acceptors (Lipinski definition) is 0. The second-order valence-corrected chi connectivity index (χ2v) is 11.3. The first-order valence-electron chi connectivity index (χ1n) is 13.1. The van der Waals surface area contributed by atoms with Crippen LogP contribution in [0.3, 0.4) is 0 Å². The third-order valence-electron chi connectivity index (χ3n) is 8.35. The highest BCUT2D eigenvalue weighted by Crippen LogP contribution is 2.50. The van der Waals surface area contributed by atoms with Crippen LogP contribution in [0.1, 0.15) is 145 Å². The van der Waals surface area contributed by atoms with Gasteiger partial charge in [0, 0.05) is 5.41 Å². The molecule has 0 spiro atoms. The van der Waals surface area contributed by atoms with E-state index in [1.807, 2.05) is 0 Å². The number of guanidine groups is 1. The fourth-order valence-electron chi connectivity index (χ4n) is 4.78. The summed E-state index contributed by atoms with van der Waals surface area (Å²) in [5, 5.41) is 0. The molecule has 0 aromatic rings. The van der Waals surface area contributed by atoms with E-state index in [-0.39, 0.29) is 16.4 Å². The van der Waals surface area contributed by atoms with Crippen LogP contribution in [-0.4, -0.2) is 22.6 Å². The fraction of sp³-hybridized carbons (Fsp3) is 0.963. The van der Waals surface area contributed by atoms with E-state index in [0.717, 1.165) is 6.54 Å². The van der Waals surface area contributed by atoms with Crippen molar-refractivity contribution in [1.29, 1.82) is 0 Å². The van der Waals surface area contributed by atoms with Gasteiger partial charge in [-0.1, -0.05) is 119 Å². The molecule has 0 aliphatic rings. The van der Waals surface area contributed by atoms with Gasteiger partial charge >= 0.3 is 5.96 Å². The maximum Gasteiger partial charge on any atom is 0.341 e. The van der Waals surface area contributed by atoms with E-state index in [1.54, 1.807) is 0 Å². The molecule has 0 heterocycles. The summed E-state index contributed by atoms with van der Waals surface area (Å²) in [4.78, 5) is 0. The standard InChI is InChI=1S/C27H57N3/c1-9-11-13-15-16-17-19-21-23-30(24(28)29)27(7,8)26(5,6)25(3,4)22-20-18-14-12-10-2/h9-23H2,1-8H3,(H3,28,29)/p+1. The first-order valence-corrected chi connectivity index (χ1v) is 13.1. The summed E-state index contributed by atoms with van der Waals surface area (Å²) in [7, 11) is 0. The molecule has 0 aliphatic carbocycles. The molecule has 0 aromatic heterocycles. The monoisotopic (exact) mass is 424 g/mol. The quantitative estimate of drug-likeness (QED) is 0.103. The zero-order chi connectivity index (χ0) is 23.3. The Balaban J connectivity index is 4.88. The van der Waals surface area contributed by atoms with E-state index in [0.29, 0.717) is 5.96 Å². The second-order valence-electron chi connectivity index (χ2n) is 11.3. The van der Waals surface area contributed by atoms with Gasteiger partial charge in [0.25, 0.3) is 0 Å². The summed E-state index contributed by atoms with van der Waals surface area (Å²) in [5.74, 6) is 0.481. The van der Waals surface area contributed by atoms with Crippen molar-refractivity contribution >= 4 is 5.96 Å². The largest absolute Gasteiger partial charge is 0.341 e. The zero-order valence-corrected chi connectivity index (χ0v) is 22.2. The molecule has 0 atom stereocenters. The molecular formula is C27H58N3+. The molecule has 4 N–H and O–H groups in total. The van der Waals surface area contributed by atoms with Gasteiger partial charge in [-0.05, 0) is 32.1 Å². The lowest BCUT2D eigenvalue weighted by Crippen LogP contribution is -2.59. The van der Waals surface area contributed by atoms with Gasteiger partial charge in [0.05, 0.1) is 12.1 Å². The third-order valence-corrected chi connectivity index (χ3v) is 8.35. The maximum absolute atomic E-state index is 6.23. The van der Waals surface area contributed by atoms with Crippen molar-refractivity contribution in [2.45, 2.75) is 151 Å². The van der Waals surface area contributed by atoms with Crippen molar-refractivity contribution in [1.82, 2.24) is 0 Å². The lowest BCUT2D eigenvalue weighted by atomic mass is 9.56. The average molecular weight is 425 g/mol. The average Bonchev–Trinajstić information content (AvgIpc) is 2.65. The van der Waals surface area contributed by atoms with Crippen molar-refractivity contribution in [3.05, 3.63) is 0 Å². The van der Waals surface area contributed by atoms with E-state index in [9.17, 15) is 0 Å². The van der Waals surface area contributed by atoms with Gasteiger partial charge in [-0.25, -0.2) is 0 Å². The van der Waals surface area contributed by atoms with Gasteiger partial charge < -0.3 is 0 Å². The summed E-state index contributed by atoms with van der Waals surface area (Å²) in [6.07, 6.45) is 18.6. The van der Waals surface area contributed by atoms with Crippen LogP contribution in [0.15, 0.2) is 0 Å². The molecule has 0 saturated carbocycles. The highest BCUT2D eigenvalue weighted by Gasteiger charge is 2.51. The Kier molecular flexibility index (Phi) is 14.0. The lowest BCUT2D eigenvalue weighted by Gasteiger charge is -2.52. The maximum atomic E-state index is 6.23. The molecule has 0 radical (unpaired) electrons. The van der Waals surface area contributed by atoms with E-state index in [4.69, 9.17) is 11.5 Å². The van der Waals surface area contributed by atoms with Gasteiger partial charge in [-0.15, -0.1) is 0 Å². The van der Waals surface area contributed by atoms with Crippen LogP contribution in [0.2, 0.25) is 0 Å². The summed E-state index contributed by atoms with van der Waals surface area (Å²) in [6.45, 7) is 19.9. The molecule has 180 valence electrons. The van der Waals surface area contributed by atoms with Crippen molar-refractivity contribution in [2.75, 3.05) is 6.54 Å². The Morgan fingerprint density at radius 2 is 1.00 bits per heavy atom. The summed E-state index contributed by atoms with van der Waals surface area (Å²) >= 11 is 0. The highest BCUT2D eigenvalue weighted by atomic mass is 15.2. The van der Waals surface area contributed by atoms with Crippen LogP contribution in [0.4, 0.5) is 0 Å². The Morgan fingerprint density at radius 3 is 1.43 bits per heavy atom. The van der Waals surface area contributed by atoms with Crippen LogP contribution < -0.4 is 11.5 Å². The molecule has 0 fully saturated rings. The number of nitrogens with zero attached hydrogens (tertiary/aromatic N) is 1. The topological polar surface area (TPSA) is 55.0 Å². The number of rotatable bonds is 18. The van der Waals surface area contributed by atoms with E-state index >= 15 is 0 Å². The minimum absolute atomic E-state index is 0.0783. The molecule has 30 heavy (non-hydrogen) atoms. The molecule has 0 aliphatic heterocycles. The van der Waals surface area contributed by atoms with Crippen molar-refractivity contribution in [2.24, 2.45) is 22.3 Å². The van der Waals surface area contributed by atoms with Crippen LogP contribution >= 0.6 is 0 Å². The molecule has 3 nitrogen and oxygen atoms in total. The van der Waals surface area contributed by atoms with Gasteiger partial charge in [-0.3, -0.25) is 16.0 Å². The second kappa shape index (κ2) is 14.4. The molecule has 0 unspecified atom stereocenters. The molecule has 0 aromatic carbocycles. The van der Waals surface area contributed by atoms with Crippen molar-refractivity contribution in [3.63, 3.8) is 0 Å². The minimum atomic E-state index is -0.0973. The molecule has 0 saturated heterocycles. The SMILES string of the molecule is CCCCCCCCCC[N+](=C(N)N)C(C)(C)C(C)(C)C(C)(C)CCCCCCC. The van der Waals surface area contributed by atoms with Crippen molar-refractivity contribution < 1.29 is 4.58 Å². The first-order chi connectivity index (χ1) is 14.0. The van der Waals surface area contributed by atoms with Crippen LogP contribution in [0.25, 0.3) is 0 Å². The molecule has 0 bridgehead atoms. The molecule has 0 amide bonds. The fourth-order valence-corrected chi connectivity index (χ4v) is 4.78. The summed E-state index contributed by atoms with van der Waals surface area (Å²) in [5.41, 5.74) is 12.7. The Morgan fingerprint density at radius 1 is 0.600 bits per heavy atom.